The first-order valence-electron chi connectivity index (χ1n) is 11.9. The van der Waals surface area contributed by atoms with E-state index in [-0.39, 0.29) is 43.0 Å². The van der Waals surface area contributed by atoms with Crippen LogP contribution in [0.4, 0.5) is 14.9 Å². The maximum Gasteiger partial charge on any atom is 0.410 e. The minimum atomic E-state index is -0.542. The zero-order valence-corrected chi connectivity index (χ0v) is 19.3. The molecule has 1 aliphatic carbocycles. The highest BCUT2D eigenvalue weighted by atomic mass is 19.1. The molecule has 2 heterocycles. The van der Waals surface area contributed by atoms with Crippen LogP contribution in [-0.4, -0.2) is 47.8 Å². The summed E-state index contributed by atoms with van der Waals surface area (Å²) in [7, 11) is 0. The molecule has 2 aliphatic heterocycles. The second-order valence-corrected chi connectivity index (χ2v) is 9.29. The zero-order chi connectivity index (χ0) is 24.8. The summed E-state index contributed by atoms with van der Waals surface area (Å²) in [6.45, 7) is 0.745. The molecule has 0 aromatic heterocycles. The second kappa shape index (κ2) is 8.87. The van der Waals surface area contributed by atoms with Crippen molar-refractivity contribution in [1.29, 1.82) is 0 Å². The number of rotatable bonds is 4. The van der Waals surface area contributed by atoms with Crippen molar-refractivity contribution < 1.29 is 23.6 Å². The quantitative estimate of drug-likeness (QED) is 0.357. The highest BCUT2D eigenvalue weighted by Gasteiger charge is 2.40. The van der Waals surface area contributed by atoms with Crippen LogP contribution in [0.1, 0.15) is 29.0 Å². The van der Waals surface area contributed by atoms with E-state index in [0.29, 0.717) is 12.0 Å². The average molecular weight is 486 g/mol. The number of amides is 1. The van der Waals surface area contributed by atoms with Gasteiger partial charge in [-0.3, -0.25) is 15.0 Å². The number of hydrogen-bond donors (Lipinski definition) is 0. The lowest BCUT2D eigenvalue weighted by molar-refractivity contribution is -0.384. The first kappa shape index (κ1) is 22.4. The van der Waals surface area contributed by atoms with Gasteiger partial charge in [0.1, 0.15) is 12.4 Å². The van der Waals surface area contributed by atoms with Crippen LogP contribution in [0.2, 0.25) is 0 Å². The number of carbonyl (C=O) groups is 1. The highest BCUT2D eigenvalue weighted by molar-refractivity contribution is 5.79. The molecule has 0 radical (unpaired) electrons. The number of fused-ring (bicyclic) bond motifs is 5. The van der Waals surface area contributed by atoms with Crippen molar-refractivity contribution in [3.05, 3.63) is 105 Å². The summed E-state index contributed by atoms with van der Waals surface area (Å²) in [5.41, 5.74) is 5.24. The summed E-state index contributed by atoms with van der Waals surface area (Å²) in [4.78, 5) is 25.6. The van der Waals surface area contributed by atoms with Gasteiger partial charge in [-0.2, -0.15) is 0 Å². The fourth-order valence-corrected chi connectivity index (χ4v) is 5.62. The fraction of sp³-hybridized carbons (Fsp3) is 0.250. The molecular formula is C28H23FN2O5. The number of carbonyl (C=O) groups excluding carboxylic acids is 1. The van der Waals surface area contributed by atoms with Crippen molar-refractivity contribution in [2.45, 2.75) is 24.4 Å². The van der Waals surface area contributed by atoms with E-state index in [0.717, 1.165) is 34.4 Å². The molecular weight excluding hydrogens is 463 g/mol. The molecule has 182 valence electrons. The molecule has 3 aromatic carbocycles. The molecule has 3 aliphatic rings. The fourth-order valence-electron chi connectivity index (χ4n) is 5.62. The van der Waals surface area contributed by atoms with E-state index >= 15 is 0 Å². The predicted molar refractivity (Wildman–Crippen MR) is 131 cm³/mol. The van der Waals surface area contributed by atoms with Gasteiger partial charge in [0.05, 0.1) is 30.2 Å². The standard InChI is InChI=1S/C28H23FN2O5/c29-27-10-9-18(31(33)34)13-25(27)17-11-19-14-35-15-20(12-17)30(19)28(32)36-16-26-23-7-3-1-5-21(23)22-6-2-4-8-24(22)26/h1-11,13,19-20,26H,12,14-16H2. The number of ether oxygens (including phenoxy) is 2. The molecule has 1 fully saturated rings. The van der Waals surface area contributed by atoms with Gasteiger partial charge in [-0.15, -0.1) is 0 Å². The van der Waals surface area contributed by atoms with Crippen LogP contribution in [0.15, 0.2) is 72.8 Å². The van der Waals surface area contributed by atoms with Crippen molar-refractivity contribution in [3.8, 4) is 11.1 Å². The van der Waals surface area contributed by atoms with Gasteiger partial charge < -0.3 is 9.47 Å². The van der Waals surface area contributed by atoms with Gasteiger partial charge in [-0.05, 0) is 40.3 Å². The van der Waals surface area contributed by atoms with Gasteiger partial charge in [0.15, 0.2) is 0 Å². The lowest BCUT2D eigenvalue weighted by Crippen LogP contribution is -2.56. The van der Waals surface area contributed by atoms with Crippen LogP contribution in [0, 0.1) is 15.9 Å². The molecule has 6 rings (SSSR count). The Balaban J connectivity index is 1.23. The van der Waals surface area contributed by atoms with Crippen molar-refractivity contribution in [3.63, 3.8) is 0 Å². The Morgan fingerprint density at radius 1 is 1.03 bits per heavy atom. The summed E-state index contributed by atoms with van der Waals surface area (Å²) in [5.74, 6) is -0.576. The highest BCUT2D eigenvalue weighted by Crippen LogP contribution is 2.44. The number of non-ortho nitro benzene ring substituents is 1. The molecule has 2 unspecified atom stereocenters. The minimum absolute atomic E-state index is 0.0488. The smallest absolute Gasteiger partial charge is 0.410 e. The Labute approximate surface area is 206 Å². The van der Waals surface area contributed by atoms with Crippen LogP contribution in [-0.2, 0) is 9.47 Å². The number of nitrogens with zero attached hydrogens (tertiary/aromatic N) is 2. The van der Waals surface area contributed by atoms with Crippen LogP contribution >= 0.6 is 0 Å². The topological polar surface area (TPSA) is 81.9 Å². The number of hydrogen-bond acceptors (Lipinski definition) is 5. The Morgan fingerprint density at radius 3 is 2.39 bits per heavy atom. The molecule has 36 heavy (non-hydrogen) atoms. The third kappa shape index (κ3) is 3.74. The van der Waals surface area contributed by atoms with E-state index in [2.05, 4.69) is 24.3 Å². The second-order valence-electron chi connectivity index (χ2n) is 9.29. The first-order valence-corrected chi connectivity index (χ1v) is 11.9. The lowest BCUT2D eigenvalue weighted by atomic mass is 9.89. The van der Waals surface area contributed by atoms with Gasteiger partial charge in [-0.25, -0.2) is 9.18 Å². The van der Waals surface area contributed by atoms with Crippen LogP contribution in [0.3, 0.4) is 0 Å². The molecule has 7 nitrogen and oxygen atoms in total. The predicted octanol–water partition coefficient (Wildman–Crippen LogP) is 5.54. The number of benzene rings is 3. The minimum Gasteiger partial charge on any atom is -0.448 e. The third-order valence-electron chi connectivity index (χ3n) is 7.25. The van der Waals surface area contributed by atoms with E-state index in [9.17, 15) is 19.3 Å². The molecule has 1 saturated heterocycles. The molecule has 2 atom stereocenters. The Bertz CT molecular complexity index is 1360. The summed E-state index contributed by atoms with van der Waals surface area (Å²) in [6.07, 6.45) is 1.64. The SMILES string of the molecule is O=C(OCC1c2ccccc2-c2ccccc21)N1C2C=C(c3cc([N+](=O)[O-])ccc3F)CC1COC2. The van der Waals surface area contributed by atoms with Gasteiger partial charge >= 0.3 is 6.09 Å². The molecule has 8 heteroatoms. The Hall–Kier alpha value is -4.04. The monoisotopic (exact) mass is 486 g/mol. The number of morpholine rings is 1. The summed E-state index contributed by atoms with van der Waals surface area (Å²) in [5, 5.41) is 11.2. The van der Waals surface area contributed by atoms with Gasteiger partial charge in [0.2, 0.25) is 0 Å². The molecule has 0 saturated carbocycles. The van der Waals surface area contributed by atoms with E-state index in [1.165, 1.54) is 6.07 Å². The van der Waals surface area contributed by atoms with Crippen LogP contribution < -0.4 is 0 Å². The van der Waals surface area contributed by atoms with E-state index in [1.54, 1.807) is 11.0 Å². The van der Waals surface area contributed by atoms with Gasteiger partial charge in [-0.1, -0.05) is 54.6 Å². The summed E-state index contributed by atoms with van der Waals surface area (Å²) < 4.78 is 26.1. The van der Waals surface area contributed by atoms with Crippen molar-refractivity contribution >= 4 is 17.4 Å². The van der Waals surface area contributed by atoms with Crippen LogP contribution in [0.25, 0.3) is 16.7 Å². The Kier molecular flexibility index (Phi) is 5.53. The van der Waals surface area contributed by atoms with E-state index in [4.69, 9.17) is 9.47 Å². The largest absolute Gasteiger partial charge is 0.448 e. The molecule has 0 N–H and O–H groups in total. The van der Waals surface area contributed by atoms with Gasteiger partial charge in [0.25, 0.3) is 5.69 Å². The summed E-state index contributed by atoms with van der Waals surface area (Å²) >= 11 is 0. The van der Waals surface area contributed by atoms with Gasteiger partial charge in [0, 0.05) is 23.6 Å². The number of halogens is 1. The van der Waals surface area contributed by atoms with E-state index < -0.39 is 22.9 Å². The zero-order valence-electron chi connectivity index (χ0n) is 19.3. The first-order chi connectivity index (χ1) is 17.5. The molecule has 2 bridgehead atoms. The third-order valence-corrected chi connectivity index (χ3v) is 7.25. The lowest BCUT2D eigenvalue weighted by Gasteiger charge is -2.44. The molecule has 1 amide bonds. The molecule has 0 spiro atoms. The normalized spacial score (nSPS) is 20.4. The van der Waals surface area contributed by atoms with Crippen molar-refractivity contribution in [2.24, 2.45) is 0 Å². The maximum absolute atomic E-state index is 14.6. The Morgan fingerprint density at radius 2 is 1.72 bits per heavy atom. The van der Waals surface area contributed by atoms with Crippen molar-refractivity contribution in [2.75, 3.05) is 19.8 Å². The van der Waals surface area contributed by atoms with Crippen LogP contribution in [0.5, 0.6) is 0 Å². The number of nitro benzene ring substituents is 1. The average Bonchev–Trinajstić information content (AvgIpc) is 3.20. The maximum atomic E-state index is 14.6. The summed E-state index contributed by atoms with van der Waals surface area (Å²) in [6, 6.07) is 19.0. The van der Waals surface area contributed by atoms with E-state index in [1.807, 2.05) is 24.3 Å². The van der Waals surface area contributed by atoms with Crippen molar-refractivity contribution in [1.82, 2.24) is 4.90 Å². The molecule has 3 aromatic rings. The number of nitro groups is 1.